The second kappa shape index (κ2) is 8.64. The molecule has 0 N–H and O–H groups in total. The highest BCUT2D eigenvalue weighted by Crippen LogP contribution is 2.31. The number of halogens is 1. The lowest BCUT2D eigenvalue weighted by Crippen LogP contribution is -2.15. The number of fused-ring (bicyclic) bond motifs is 1. The van der Waals surface area contributed by atoms with Crippen LogP contribution in [0.2, 0.25) is 5.02 Å². The van der Waals surface area contributed by atoms with Gasteiger partial charge in [0.2, 0.25) is 5.88 Å². The Hall–Kier alpha value is -3.36. The summed E-state index contributed by atoms with van der Waals surface area (Å²) in [4.78, 5) is 12.6. The highest BCUT2D eigenvalue weighted by molar-refractivity contribution is 7.90. The molecule has 1 aromatic heterocycles. The Morgan fingerprint density at radius 3 is 2.38 bits per heavy atom. The molecule has 0 fully saturated rings. The van der Waals surface area contributed by atoms with Crippen LogP contribution in [-0.2, 0) is 10.0 Å². The second-order valence-corrected chi connectivity index (χ2v) is 9.27. The smallest absolute Gasteiger partial charge is 0.283 e. The molecule has 0 spiro atoms. The molecular weight excluding hydrogens is 452 g/mol. The molecule has 0 bridgehead atoms. The number of carbonyl (C=O) groups is 1. The largest absolute Gasteiger partial charge is 0.497 e. The van der Waals surface area contributed by atoms with Crippen molar-refractivity contribution in [3.05, 3.63) is 82.9 Å². The zero-order valence-corrected chi connectivity index (χ0v) is 18.9. The lowest BCUT2D eigenvalue weighted by atomic mass is 10.1. The Bertz CT molecular complexity index is 1400. The summed E-state index contributed by atoms with van der Waals surface area (Å²) in [6.45, 7) is 1.55. The fraction of sp³-hybridized carbons (Fsp3) is 0.130. The van der Waals surface area contributed by atoms with E-state index in [-0.39, 0.29) is 23.2 Å². The van der Waals surface area contributed by atoms with Crippen molar-refractivity contribution < 1.29 is 22.7 Å². The van der Waals surface area contributed by atoms with Gasteiger partial charge >= 0.3 is 0 Å². The van der Waals surface area contributed by atoms with Crippen LogP contribution in [-0.4, -0.2) is 37.1 Å². The van der Waals surface area contributed by atoms with Crippen molar-refractivity contribution in [2.75, 3.05) is 13.7 Å². The second-order valence-electron chi connectivity index (χ2n) is 7.07. The summed E-state index contributed by atoms with van der Waals surface area (Å²) >= 11 is 5.86. The van der Waals surface area contributed by atoms with Crippen LogP contribution < -0.4 is 9.47 Å². The van der Waals surface area contributed by atoms with Crippen molar-refractivity contribution in [2.45, 2.75) is 11.8 Å². The number of aryl methyl sites for hydroxylation is 1. The highest BCUT2D eigenvalue weighted by Gasteiger charge is 2.24. The Labute approximate surface area is 190 Å². The number of Topliss-reactive ketones (excluding diaryl/α,β-unsaturated/α-hetero) is 1. The number of benzene rings is 3. The van der Waals surface area contributed by atoms with E-state index in [1.165, 1.54) is 19.2 Å². The molecule has 0 saturated carbocycles. The predicted octanol–water partition coefficient (Wildman–Crippen LogP) is 4.51. The number of aromatic nitrogens is 2. The number of carbonyl (C=O) groups excluding carboxylic acids is 1. The maximum atomic E-state index is 13.3. The first-order valence-corrected chi connectivity index (χ1v) is 11.4. The van der Waals surface area contributed by atoms with Gasteiger partial charge in [-0.15, -0.1) is 9.19 Å². The summed E-state index contributed by atoms with van der Waals surface area (Å²) in [6, 6.07) is 17.7. The van der Waals surface area contributed by atoms with Gasteiger partial charge in [-0.3, -0.25) is 4.79 Å². The van der Waals surface area contributed by atoms with Crippen LogP contribution >= 0.6 is 11.6 Å². The van der Waals surface area contributed by atoms with E-state index in [2.05, 4.69) is 5.10 Å². The van der Waals surface area contributed by atoms with Gasteiger partial charge in [-0.2, -0.15) is 8.42 Å². The molecule has 9 heteroatoms. The molecule has 4 rings (SSSR count). The van der Waals surface area contributed by atoms with E-state index in [1.807, 2.05) is 6.92 Å². The molecule has 0 aliphatic rings. The van der Waals surface area contributed by atoms with Crippen molar-refractivity contribution in [3.63, 3.8) is 0 Å². The maximum Gasteiger partial charge on any atom is 0.283 e. The van der Waals surface area contributed by atoms with Crippen molar-refractivity contribution >= 4 is 38.3 Å². The number of nitrogens with zero attached hydrogens (tertiary/aromatic N) is 2. The molecule has 0 aliphatic heterocycles. The maximum absolute atomic E-state index is 13.3. The molecular formula is C23H19ClN2O5S. The third-order valence-corrected chi connectivity index (χ3v) is 6.73. The average Bonchev–Trinajstić information content (AvgIpc) is 3.17. The zero-order chi connectivity index (χ0) is 22.9. The van der Waals surface area contributed by atoms with Gasteiger partial charge in [0.25, 0.3) is 10.0 Å². The van der Waals surface area contributed by atoms with Gasteiger partial charge in [0.15, 0.2) is 12.4 Å². The summed E-state index contributed by atoms with van der Waals surface area (Å²) in [5.41, 5.74) is 1.66. The van der Waals surface area contributed by atoms with Crippen LogP contribution in [0.1, 0.15) is 15.9 Å². The van der Waals surface area contributed by atoms with E-state index in [0.717, 1.165) is 9.65 Å². The lowest BCUT2D eigenvalue weighted by molar-refractivity contribution is 0.0919. The summed E-state index contributed by atoms with van der Waals surface area (Å²) in [6.07, 6.45) is 0. The van der Waals surface area contributed by atoms with Gasteiger partial charge in [-0.05, 0) is 61.5 Å². The first-order chi connectivity index (χ1) is 15.3. The fourth-order valence-electron chi connectivity index (χ4n) is 3.12. The quantitative estimate of drug-likeness (QED) is 0.369. The molecule has 7 nitrogen and oxygen atoms in total. The number of rotatable bonds is 7. The number of ketones is 1. The molecule has 1 heterocycles. The summed E-state index contributed by atoms with van der Waals surface area (Å²) in [5, 5.41) is 5.11. The van der Waals surface area contributed by atoms with E-state index in [4.69, 9.17) is 21.1 Å². The van der Waals surface area contributed by atoms with Crippen LogP contribution in [0.3, 0.4) is 0 Å². The molecule has 0 radical (unpaired) electrons. The molecule has 0 aliphatic carbocycles. The Morgan fingerprint density at radius 1 is 1.03 bits per heavy atom. The van der Waals surface area contributed by atoms with Crippen molar-refractivity contribution in [2.24, 2.45) is 0 Å². The van der Waals surface area contributed by atoms with Gasteiger partial charge in [-0.1, -0.05) is 29.3 Å². The third kappa shape index (κ3) is 4.19. The molecule has 0 saturated heterocycles. The fourth-order valence-corrected chi connectivity index (χ4v) is 4.53. The van der Waals surface area contributed by atoms with Gasteiger partial charge in [0.05, 0.1) is 22.9 Å². The van der Waals surface area contributed by atoms with E-state index < -0.39 is 10.0 Å². The van der Waals surface area contributed by atoms with E-state index >= 15 is 0 Å². The number of methoxy groups -OCH3 is 1. The average molecular weight is 471 g/mol. The highest BCUT2D eigenvalue weighted by atomic mass is 35.5. The molecule has 3 aromatic carbocycles. The van der Waals surface area contributed by atoms with E-state index in [0.29, 0.717) is 27.2 Å². The standard InChI is InChI=1S/C23H19ClN2O5S/c1-15-3-10-19(11-4-15)32(28,29)26-21-12-9-18(30-2)13-20(21)23(25-26)31-14-22(27)16-5-7-17(24)8-6-16/h3-13H,14H2,1-2H3. The van der Waals surface area contributed by atoms with Gasteiger partial charge in [0.1, 0.15) is 5.75 Å². The van der Waals surface area contributed by atoms with Crippen molar-refractivity contribution in [3.8, 4) is 11.6 Å². The molecule has 32 heavy (non-hydrogen) atoms. The Kier molecular flexibility index (Phi) is 5.90. The van der Waals surface area contributed by atoms with E-state index in [1.54, 1.807) is 54.6 Å². The minimum Gasteiger partial charge on any atom is -0.497 e. The minimum atomic E-state index is -3.99. The van der Waals surface area contributed by atoms with Crippen LogP contribution in [0.15, 0.2) is 71.6 Å². The van der Waals surface area contributed by atoms with Crippen molar-refractivity contribution in [1.82, 2.24) is 9.19 Å². The van der Waals surface area contributed by atoms with Gasteiger partial charge < -0.3 is 9.47 Å². The third-order valence-electron chi connectivity index (χ3n) is 4.87. The number of hydrogen-bond donors (Lipinski definition) is 0. The SMILES string of the molecule is COc1ccc2c(c1)c(OCC(=O)c1ccc(Cl)cc1)nn2S(=O)(=O)c1ccc(C)cc1. The zero-order valence-electron chi connectivity index (χ0n) is 17.3. The van der Waals surface area contributed by atoms with Crippen LogP contribution in [0.25, 0.3) is 10.9 Å². The van der Waals surface area contributed by atoms with Crippen LogP contribution in [0.5, 0.6) is 11.6 Å². The Morgan fingerprint density at radius 2 is 1.72 bits per heavy atom. The topological polar surface area (TPSA) is 87.5 Å². The first-order valence-electron chi connectivity index (χ1n) is 9.60. The van der Waals surface area contributed by atoms with E-state index in [9.17, 15) is 13.2 Å². The van der Waals surface area contributed by atoms with Gasteiger partial charge in [0, 0.05) is 10.6 Å². The number of ether oxygens (including phenoxy) is 2. The predicted molar refractivity (Wildman–Crippen MR) is 121 cm³/mol. The molecule has 0 atom stereocenters. The number of hydrogen-bond acceptors (Lipinski definition) is 6. The van der Waals surface area contributed by atoms with Crippen LogP contribution in [0, 0.1) is 6.92 Å². The summed E-state index contributed by atoms with van der Waals surface area (Å²) in [5.74, 6) is 0.212. The normalized spacial score (nSPS) is 11.5. The minimum absolute atomic E-state index is 0.0110. The molecule has 0 unspecified atom stereocenters. The molecule has 0 amide bonds. The first kappa shape index (κ1) is 21.9. The Balaban J connectivity index is 1.73. The summed E-state index contributed by atoms with van der Waals surface area (Å²) in [7, 11) is -2.49. The van der Waals surface area contributed by atoms with Gasteiger partial charge in [-0.25, -0.2) is 0 Å². The van der Waals surface area contributed by atoms with Crippen LogP contribution in [0.4, 0.5) is 0 Å². The molecule has 4 aromatic rings. The molecule has 164 valence electrons. The van der Waals surface area contributed by atoms with Crippen molar-refractivity contribution in [1.29, 1.82) is 0 Å². The summed E-state index contributed by atoms with van der Waals surface area (Å²) < 4.78 is 38.3. The lowest BCUT2D eigenvalue weighted by Gasteiger charge is -2.06. The monoisotopic (exact) mass is 470 g/mol.